The number of alkyl halides is 3. The van der Waals surface area contributed by atoms with Crippen LogP contribution in [0, 0.1) is 0 Å². The van der Waals surface area contributed by atoms with Crippen molar-refractivity contribution in [1.29, 1.82) is 0 Å². The minimum absolute atomic E-state index is 0.367. The minimum atomic E-state index is -4.38. The first-order valence-electron chi connectivity index (χ1n) is 6.41. The van der Waals surface area contributed by atoms with Gasteiger partial charge in [0.25, 0.3) is 0 Å². The number of benzene rings is 1. The van der Waals surface area contributed by atoms with E-state index in [9.17, 15) is 13.2 Å². The van der Waals surface area contributed by atoms with Gasteiger partial charge >= 0.3 is 6.18 Å². The van der Waals surface area contributed by atoms with Gasteiger partial charge in [-0.3, -0.25) is 0 Å². The van der Waals surface area contributed by atoms with E-state index in [0.717, 1.165) is 22.0 Å². The van der Waals surface area contributed by atoms with Crippen molar-refractivity contribution in [3.63, 3.8) is 0 Å². The molecule has 0 aliphatic heterocycles. The predicted molar refractivity (Wildman–Crippen MR) is 72.9 cm³/mol. The second-order valence-corrected chi connectivity index (χ2v) is 5.78. The number of aryl methyl sites for hydroxylation is 1. The molecule has 1 aromatic carbocycles. The molecule has 0 bridgehead atoms. The summed E-state index contributed by atoms with van der Waals surface area (Å²) >= 11 is 3.28. The standard InChI is InChI=1S/C14H12BrF3N2/c15-9-5-7-10(8-6-9)20-13(14(16,17)18)11-3-1-2-4-12(11)19-20/h5-8H,1-4H2. The van der Waals surface area contributed by atoms with Crippen LogP contribution in [0.4, 0.5) is 13.2 Å². The molecule has 0 spiro atoms. The number of hydrogen-bond donors (Lipinski definition) is 0. The quantitative estimate of drug-likeness (QED) is 0.742. The molecule has 0 fully saturated rings. The average Bonchev–Trinajstić information content (AvgIpc) is 2.78. The minimum Gasteiger partial charge on any atom is -0.228 e. The predicted octanol–water partition coefficient (Wildman–Crippen LogP) is 4.53. The van der Waals surface area contributed by atoms with E-state index >= 15 is 0 Å². The normalized spacial score (nSPS) is 15.2. The molecule has 1 aliphatic rings. The van der Waals surface area contributed by atoms with Crippen LogP contribution in [-0.2, 0) is 19.0 Å². The van der Waals surface area contributed by atoms with Gasteiger partial charge in [-0.1, -0.05) is 15.9 Å². The first-order chi connectivity index (χ1) is 9.47. The molecule has 0 saturated carbocycles. The molecule has 1 heterocycles. The Hall–Kier alpha value is -1.30. The third-order valence-corrected chi connectivity index (χ3v) is 4.03. The summed E-state index contributed by atoms with van der Waals surface area (Å²) < 4.78 is 42.0. The number of fused-ring (bicyclic) bond motifs is 1. The zero-order valence-electron chi connectivity index (χ0n) is 10.5. The van der Waals surface area contributed by atoms with Crippen LogP contribution >= 0.6 is 15.9 Å². The molecule has 0 N–H and O–H groups in total. The van der Waals surface area contributed by atoms with Crippen LogP contribution < -0.4 is 0 Å². The Balaban J connectivity index is 2.19. The van der Waals surface area contributed by atoms with Gasteiger partial charge < -0.3 is 0 Å². The molecule has 1 aliphatic carbocycles. The summed E-state index contributed by atoms with van der Waals surface area (Å²) in [6.07, 6.45) is -1.60. The maximum absolute atomic E-state index is 13.4. The van der Waals surface area contributed by atoms with Crippen molar-refractivity contribution >= 4 is 15.9 Å². The van der Waals surface area contributed by atoms with Gasteiger partial charge in [-0.05, 0) is 49.9 Å². The van der Waals surface area contributed by atoms with Crippen molar-refractivity contribution < 1.29 is 13.2 Å². The SMILES string of the molecule is FC(F)(F)c1c2c(nn1-c1ccc(Br)cc1)CCCC2. The largest absolute Gasteiger partial charge is 0.433 e. The molecule has 0 atom stereocenters. The molecule has 106 valence electrons. The topological polar surface area (TPSA) is 17.8 Å². The van der Waals surface area contributed by atoms with E-state index in [1.54, 1.807) is 24.3 Å². The summed E-state index contributed by atoms with van der Waals surface area (Å²) in [5.74, 6) is 0. The van der Waals surface area contributed by atoms with E-state index in [-0.39, 0.29) is 0 Å². The third-order valence-electron chi connectivity index (χ3n) is 3.50. The van der Waals surface area contributed by atoms with Gasteiger partial charge in [0, 0.05) is 10.0 Å². The fraction of sp³-hybridized carbons (Fsp3) is 0.357. The van der Waals surface area contributed by atoms with E-state index < -0.39 is 11.9 Å². The average molecular weight is 345 g/mol. The van der Waals surface area contributed by atoms with E-state index in [2.05, 4.69) is 21.0 Å². The molecule has 2 nitrogen and oxygen atoms in total. The highest BCUT2D eigenvalue weighted by atomic mass is 79.9. The lowest BCUT2D eigenvalue weighted by Gasteiger charge is -2.14. The van der Waals surface area contributed by atoms with Crippen molar-refractivity contribution in [2.24, 2.45) is 0 Å². The third kappa shape index (κ3) is 2.37. The first kappa shape index (κ1) is 13.7. The lowest BCUT2D eigenvalue weighted by molar-refractivity contribution is -0.143. The van der Waals surface area contributed by atoms with Gasteiger partial charge in [-0.15, -0.1) is 0 Å². The number of halogens is 4. The summed E-state index contributed by atoms with van der Waals surface area (Å²) in [6.45, 7) is 0. The summed E-state index contributed by atoms with van der Waals surface area (Å²) in [6, 6.07) is 6.71. The Morgan fingerprint density at radius 1 is 1.05 bits per heavy atom. The Kier molecular flexibility index (Phi) is 3.36. The van der Waals surface area contributed by atoms with Crippen molar-refractivity contribution in [3.8, 4) is 5.69 Å². The highest BCUT2D eigenvalue weighted by molar-refractivity contribution is 9.10. The van der Waals surface area contributed by atoms with Crippen molar-refractivity contribution in [2.45, 2.75) is 31.9 Å². The summed E-state index contributed by atoms with van der Waals surface area (Å²) in [4.78, 5) is 0. The molecule has 3 rings (SSSR count). The lowest BCUT2D eigenvalue weighted by atomic mass is 9.96. The van der Waals surface area contributed by atoms with Crippen LogP contribution in [0.15, 0.2) is 28.7 Å². The van der Waals surface area contributed by atoms with Crippen LogP contribution in [0.3, 0.4) is 0 Å². The lowest BCUT2D eigenvalue weighted by Crippen LogP contribution is -2.16. The molecule has 6 heteroatoms. The Bertz CT molecular complexity index is 629. The summed E-state index contributed by atoms with van der Waals surface area (Å²) in [5.41, 5.74) is 0.780. The van der Waals surface area contributed by atoms with Crippen molar-refractivity contribution in [2.75, 3.05) is 0 Å². The van der Waals surface area contributed by atoms with Crippen LogP contribution in [0.1, 0.15) is 29.8 Å². The number of nitrogens with zero attached hydrogens (tertiary/aromatic N) is 2. The zero-order chi connectivity index (χ0) is 14.3. The first-order valence-corrected chi connectivity index (χ1v) is 7.20. The smallest absolute Gasteiger partial charge is 0.228 e. The van der Waals surface area contributed by atoms with Gasteiger partial charge in [0.05, 0.1) is 11.4 Å². The molecule has 20 heavy (non-hydrogen) atoms. The van der Waals surface area contributed by atoms with Crippen LogP contribution in [-0.4, -0.2) is 9.78 Å². The second kappa shape index (κ2) is 4.91. The van der Waals surface area contributed by atoms with Crippen LogP contribution in [0.5, 0.6) is 0 Å². The van der Waals surface area contributed by atoms with E-state index in [1.165, 1.54) is 0 Å². The van der Waals surface area contributed by atoms with Crippen LogP contribution in [0.2, 0.25) is 0 Å². The van der Waals surface area contributed by atoms with E-state index in [0.29, 0.717) is 29.8 Å². The molecule has 1 aromatic heterocycles. The second-order valence-electron chi connectivity index (χ2n) is 4.87. The van der Waals surface area contributed by atoms with Gasteiger partial charge in [0.1, 0.15) is 0 Å². The molecule has 0 unspecified atom stereocenters. The zero-order valence-corrected chi connectivity index (χ0v) is 12.1. The summed E-state index contributed by atoms with van der Waals surface area (Å²) in [5, 5.41) is 4.20. The molecule has 0 radical (unpaired) electrons. The molecule has 0 saturated heterocycles. The Labute approximate surface area is 122 Å². The van der Waals surface area contributed by atoms with Crippen LogP contribution in [0.25, 0.3) is 5.69 Å². The number of rotatable bonds is 1. The number of aromatic nitrogens is 2. The van der Waals surface area contributed by atoms with Gasteiger partial charge in [-0.25, -0.2) is 4.68 Å². The van der Waals surface area contributed by atoms with Crippen molar-refractivity contribution in [3.05, 3.63) is 45.7 Å². The Morgan fingerprint density at radius 3 is 2.35 bits per heavy atom. The molecular formula is C14H12BrF3N2. The van der Waals surface area contributed by atoms with E-state index in [4.69, 9.17) is 0 Å². The van der Waals surface area contributed by atoms with Crippen molar-refractivity contribution in [1.82, 2.24) is 9.78 Å². The fourth-order valence-corrected chi connectivity index (χ4v) is 2.88. The fourth-order valence-electron chi connectivity index (χ4n) is 2.61. The number of hydrogen-bond acceptors (Lipinski definition) is 1. The van der Waals surface area contributed by atoms with Gasteiger partial charge in [-0.2, -0.15) is 18.3 Å². The van der Waals surface area contributed by atoms with E-state index in [1.807, 2.05) is 0 Å². The molecular weight excluding hydrogens is 333 g/mol. The summed E-state index contributed by atoms with van der Waals surface area (Å²) in [7, 11) is 0. The van der Waals surface area contributed by atoms with Gasteiger partial charge in [0.15, 0.2) is 5.69 Å². The highest BCUT2D eigenvalue weighted by Crippen LogP contribution is 2.37. The Morgan fingerprint density at radius 2 is 1.70 bits per heavy atom. The molecule has 0 amide bonds. The monoisotopic (exact) mass is 344 g/mol. The maximum Gasteiger partial charge on any atom is 0.433 e. The van der Waals surface area contributed by atoms with Gasteiger partial charge in [0.2, 0.25) is 0 Å². The maximum atomic E-state index is 13.4. The molecule has 2 aromatic rings. The highest BCUT2D eigenvalue weighted by Gasteiger charge is 2.40.